The molecule has 0 spiro atoms. The van der Waals surface area contributed by atoms with Crippen molar-refractivity contribution in [1.29, 1.82) is 0 Å². The summed E-state index contributed by atoms with van der Waals surface area (Å²) in [6.45, 7) is 13.6. The highest BCUT2D eigenvalue weighted by Gasteiger charge is 2.14. The largest absolute Gasteiger partial charge is 0.0588 e. The van der Waals surface area contributed by atoms with Crippen LogP contribution in [0.4, 0.5) is 0 Å². The minimum absolute atomic E-state index is 0.632. The van der Waals surface area contributed by atoms with Gasteiger partial charge in [-0.25, -0.2) is 0 Å². The molecule has 0 saturated carbocycles. The lowest BCUT2D eigenvalue weighted by Crippen LogP contribution is -2.03. The van der Waals surface area contributed by atoms with Gasteiger partial charge in [-0.1, -0.05) is 39.8 Å². The van der Waals surface area contributed by atoms with E-state index in [-0.39, 0.29) is 0 Å². The minimum Gasteiger partial charge on any atom is -0.0588 e. The highest BCUT2D eigenvalue weighted by Crippen LogP contribution is 2.31. The number of hydrogen-bond donors (Lipinski definition) is 0. The van der Waals surface area contributed by atoms with E-state index in [0.717, 1.165) is 0 Å². The van der Waals surface area contributed by atoms with Crippen LogP contribution in [-0.4, -0.2) is 0 Å². The van der Waals surface area contributed by atoms with E-state index in [2.05, 4.69) is 53.7 Å². The monoisotopic (exact) mass is 190 g/mol. The standard InChI is InChI=1S/C14H22/c1-9(2)13-11(5)7-8-12(6)14(13)10(3)4/h7-10H,1-6H3. The lowest BCUT2D eigenvalue weighted by Gasteiger charge is -2.21. The predicted molar refractivity (Wildman–Crippen MR) is 64.1 cm³/mol. The molecule has 0 aromatic heterocycles. The fourth-order valence-electron chi connectivity index (χ4n) is 2.39. The van der Waals surface area contributed by atoms with Crippen LogP contribution in [0.1, 0.15) is 61.8 Å². The lowest BCUT2D eigenvalue weighted by atomic mass is 9.84. The molecule has 0 fully saturated rings. The molecule has 14 heavy (non-hydrogen) atoms. The average Bonchev–Trinajstić information content (AvgIpc) is 2.07. The van der Waals surface area contributed by atoms with Crippen molar-refractivity contribution < 1.29 is 0 Å². The molecule has 0 heteroatoms. The molecule has 0 amide bonds. The zero-order chi connectivity index (χ0) is 10.9. The van der Waals surface area contributed by atoms with E-state index in [4.69, 9.17) is 0 Å². The molecule has 0 unspecified atom stereocenters. The van der Waals surface area contributed by atoms with Crippen LogP contribution >= 0.6 is 0 Å². The molecule has 1 aromatic carbocycles. The molecule has 0 radical (unpaired) electrons. The number of hydrogen-bond acceptors (Lipinski definition) is 0. The second-order valence-electron chi connectivity index (χ2n) is 4.84. The van der Waals surface area contributed by atoms with Crippen molar-refractivity contribution in [2.24, 2.45) is 0 Å². The van der Waals surface area contributed by atoms with Gasteiger partial charge in [0.1, 0.15) is 0 Å². The molecular formula is C14H22. The Kier molecular flexibility index (Phi) is 3.36. The maximum Gasteiger partial charge on any atom is -0.0213 e. The van der Waals surface area contributed by atoms with Crippen LogP contribution in [0.3, 0.4) is 0 Å². The van der Waals surface area contributed by atoms with Crippen molar-refractivity contribution in [2.75, 3.05) is 0 Å². The van der Waals surface area contributed by atoms with Gasteiger partial charge < -0.3 is 0 Å². The third kappa shape index (κ3) is 2.00. The quantitative estimate of drug-likeness (QED) is 0.641. The van der Waals surface area contributed by atoms with Crippen LogP contribution in [0.25, 0.3) is 0 Å². The summed E-state index contributed by atoms with van der Waals surface area (Å²) in [5, 5.41) is 0. The molecule has 0 aliphatic heterocycles. The first-order chi connectivity index (χ1) is 6.45. The van der Waals surface area contributed by atoms with Crippen LogP contribution in [-0.2, 0) is 0 Å². The summed E-state index contributed by atoms with van der Waals surface area (Å²) in [6, 6.07) is 4.49. The van der Waals surface area contributed by atoms with Gasteiger partial charge in [-0.05, 0) is 47.9 Å². The van der Waals surface area contributed by atoms with Crippen LogP contribution in [0.2, 0.25) is 0 Å². The summed E-state index contributed by atoms with van der Waals surface area (Å²) < 4.78 is 0. The zero-order valence-corrected chi connectivity index (χ0v) is 10.3. The molecule has 0 bridgehead atoms. The second kappa shape index (κ2) is 4.16. The fraction of sp³-hybridized carbons (Fsp3) is 0.571. The van der Waals surface area contributed by atoms with Crippen molar-refractivity contribution in [3.8, 4) is 0 Å². The molecule has 0 saturated heterocycles. The first-order valence-electron chi connectivity index (χ1n) is 5.55. The van der Waals surface area contributed by atoms with E-state index in [1.807, 2.05) is 0 Å². The Balaban J connectivity index is 3.42. The van der Waals surface area contributed by atoms with E-state index in [1.54, 1.807) is 11.1 Å². The second-order valence-corrected chi connectivity index (χ2v) is 4.84. The van der Waals surface area contributed by atoms with Crippen molar-refractivity contribution >= 4 is 0 Å². The Bertz CT molecular complexity index is 286. The Labute approximate surface area is 88.4 Å². The number of aryl methyl sites for hydroxylation is 2. The highest BCUT2D eigenvalue weighted by molar-refractivity contribution is 5.43. The molecule has 1 rings (SSSR count). The molecule has 1 aromatic rings. The maximum atomic E-state index is 2.29. The van der Waals surface area contributed by atoms with Crippen LogP contribution in [0, 0.1) is 13.8 Å². The smallest absolute Gasteiger partial charge is 0.0213 e. The van der Waals surface area contributed by atoms with Crippen molar-refractivity contribution in [2.45, 2.75) is 53.4 Å². The predicted octanol–water partition coefficient (Wildman–Crippen LogP) is 4.55. The molecule has 0 nitrogen and oxygen atoms in total. The summed E-state index contributed by atoms with van der Waals surface area (Å²) in [7, 11) is 0. The number of benzene rings is 1. The van der Waals surface area contributed by atoms with E-state index < -0.39 is 0 Å². The third-order valence-electron chi connectivity index (χ3n) is 2.88. The molecule has 0 atom stereocenters. The Morgan fingerprint density at radius 2 is 1.00 bits per heavy atom. The Morgan fingerprint density at radius 3 is 1.21 bits per heavy atom. The molecule has 0 heterocycles. The minimum atomic E-state index is 0.632. The molecule has 0 N–H and O–H groups in total. The summed E-state index contributed by atoms with van der Waals surface area (Å²) in [4.78, 5) is 0. The summed E-state index contributed by atoms with van der Waals surface area (Å²) in [5.74, 6) is 1.26. The molecule has 78 valence electrons. The van der Waals surface area contributed by atoms with Crippen molar-refractivity contribution in [3.63, 3.8) is 0 Å². The van der Waals surface area contributed by atoms with Gasteiger partial charge in [0.25, 0.3) is 0 Å². The lowest BCUT2D eigenvalue weighted by molar-refractivity contribution is 0.776. The van der Waals surface area contributed by atoms with Gasteiger partial charge >= 0.3 is 0 Å². The van der Waals surface area contributed by atoms with E-state index in [0.29, 0.717) is 11.8 Å². The maximum absolute atomic E-state index is 2.29. The number of rotatable bonds is 2. The van der Waals surface area contributed by atoms with Gasteiger partial charge in [0.05, 0.1) is 0 Å². The topological polar surface area (TPSA) is 0 Å². The van der Waals surface area contributed by atoms with Gasteiger partial charge in [-0.2, -0.15) is 0 Å². The Morgan fingerprint density at radius 1 is 0.714 bits per heavy atom. The third-order valence-corrected chi connectivity index (χ3v) is 2.88. The van der Waals surface area contributed by atoms with Gasteiger partial charge in [0.15, 0.2) is 0 Å². The average molecular weight is 190 g/mol. The van der Waals surface area contributed by atoms with E-state index in [1.165, 1.54) is 11.1 Å². The van der Waals surface area contributed by atoms with Gasteiger partial charge in [-0.3, -0.25) is 0 Å². The summed E-state index contributed by atoms with van der Waals surface area (Å²) in [6.07, 6.45) is 0. The van der Waals surface area contributed by atoms with Crippen LogP contribution < -0.4 is 0 Å². The first kappa shape index (κ1) is 11.3. The first-order valence-corrected chi connectivity index (χ1v) is 5.55. The fourth-order valence-corrected chi connectivity index (χ4v) is 2.39. The van der Waals surface area contributed by atoms with Gasteiger partial charge in [0, 0.05) is 0 Å². The van der Waals surface area contributed by atoms with Crippen molar-refractivity contribution in [3.05, 3.63) is 34.4 Å². The highest BCUT2D eigenvalue weighted by atomic mass is 14.2. The van der Waals surface area contributed by atoms with Crippen LogP contribution in [0.5, 0.6) is 0 Å². The van der Waals surface area contributed by atoms with Crippen molar-refractivity contribution in [1.82, 2.24) is 0 Å². The normalized spacial score (nSPS) is 11.4. The van der Waals surface area contributed by atoms with Gasteiger partial charge in [-0.15, -0.1) is 0 Å². The zero-order valence-electron chi connectivity index (χ0n) is 10.3. The SMILES string of the molecule is Cc1ccc(C)c(C(C)C)c1C(C)C. The van der Waals surface area contributed by atoms with E-state index >= 15 is 0 Å². The van der Waals surface area contributed by atoms with Crippen LogP contribution in [0.15, 0.2) is 12.1 Å². The summed E-state index contributed by atoms with van der Waals surface area (Å²) in [5.41, 5.74) is 5.99. The van der Waals surface area contributed by atoms with E-state index in [9.17, 15) is 0 Å². The molecular weight excluding hydrogens is 168 g/mol. The molecule has 0 aliphatic rings. The Hall–Kier alpha value is -0.780. The summed E-state index contributed by atoms with van der Waals surface area (Å²) >= 11 is 0. The molecule has 0 aliphatic carbocycles. The van der Waals surface area contributed by atoms with Gasteiger partial charge in [0.2, 0.25) is 0 Å².